The summed E-state index contributed by atoms with van der Waals surface area (Å²) >= 11 is 0. The molecule has 0 unspecified atom stereocenters. The molecule has 0 saturated heterocycles. The summed E-state index contributed by atoms with van der Waals surface area (Å²) in [7, 11) is 1.63. The van der Waals surface area contributed by atoms with Gasteiger partial charge in [0.1, 0.15) is 28.9 Å². The third kappa shape index (κ3) is 3.42. The van der Waals surface area contributed by atoms with Gasteiger partial charge in [0.2, 0.25) is 0 Å². The molecular weight excluding hydrogens is 338 g/mol. The molecule has 2 aromatic carbocycles. The van der Waals surface area contributed by atoms with E-state index >= 15 is 0 Å². The molecule has 0 aliphatic heterocycles. The highest BCUT2D eigenvalue weighted by Gasteiger charge is 2.20. The fourth-order valence-electron chi connectivity index (χ4n) is 3.13. The lowest BCUT2D eigenvalue weighted by molar-refractivity contribution is 0.341. The van der Waals surface area contributed by atoms with Crippen molar-refractivity contribution in [3.05, 3.63) is 59.7 Å². The van der Waals surface area contributed by atoms with E-state index in [0.717, 1.165) is 33.7 Å². The zero-order valence-electron chi connectivity index (χ0n) is 15.6. The van der Waals surface area contributed by atoms with E-state index in [-0.39, 0.29) is 5.82 Å². The average molecular weight is 359 g/mol. The van der Waals surface area contributed by atoms with Crippen LogP contribution in [0.15, 0.2) is 48.5 Å². The van der Waals surface area contributed by atoms with Crippen LogP contribution in [-0.2, 0) is 0 Å². The number of benzene rings is 2. The topological polar surface area (TPSA) is 81.2 Å². The van der Waals surface area contributed by atoms with Crippen LogP contribution in [-0.4, -0.2) is 18.7 Å². The fourth-order valence-corrected chi connectivity index (χ4v) is 3.13. The largest absolute Gasteiger partial charge is 0.497 e. The van der Waals surface area contributed by atoms with E-state index in [4.69, 9.17) is 15.2 Å². The number of nitriles is 1. The Bertz CT molecular complexity index is 1010. The summed E-state index contributed by atoms with van der Waals surface area (Å²) in [6, 6.07) is 17.5. The van der Waals surface area contributed by atoms with Crippen molar-refractivity contribution >= 4 is 5.82 Å². The van der Waals surface area contributed by atoms with Gasteiger partial charge in [-0.2, -0.15) is 5.26 Å². The molecule has 0 spiro atoms. The highest BCUT2D eigenvalue weighted by molar-refractivity contribution is 5.86. The second-order valence-corrected chi connectivity index (χ2v) is 5.99. The van der Waals surface area contributed by atoms with E-state index in [1.807, 2.05) is 62.4 Å². The lowest BCUT2D eigenvalue weighted by atomic mass is 9.92. The smallest absolute Gasteiger partial charge is 0.142 e. The third-order valence-corrected chi connectivity index (χ3v) is 4.40. The molecular formula is C22H21N3O2. The van der Waals surface area contributed by atoms with Crippen LogP contribution in [0.25, 0.3) is 22.4 Å². The number of hydrogen-bond acceptors (Lipinski definition) is 5. The molecule has 0 atom stereocenters. The number of anilines is 1. The van der Waals surface area contributed by atoms with Crippen LogP contribution in [0.2, 0.25) is 0 Å². The second-order valence-electron chi connectivity index (χ2n) is 5.99. The summed E-state index contributed by atoms with van der Waals surface area (Å²) in [5.74, 6) is 1.68. The average Bonchev–Trinajstić information content (AvgIpc) is 2.70. The van der Waals surface area contributed by atoms with Gasteiger partial charge in [-0.15, -0.1) is 0 Å². The van der Waals surface area contributed by atoms with E-state index < -0.39 is 0 Å². The number of aromatic nitrogens is 1. The molecule has 136 valence electrons. The van der Waals surface area contributed by atoms with E-state index in [9.17, 15) is 5.26 Å². The number of nitrogens with two attached hydrogens (primary N) is 1. The van der Waals surface area contributed by atoms with Crippen LogP contribution in [0, 0.1) is 18.3 Å². The van der Waals surface area contributed by atoms with Crippen LogP contribution in [0.1, 0.15) is 18.1 Å². The molecule has 0 amide bonds. The van der Waals surface area contributed by atoms with Crippen LogP contribution < -0.4 is 15.2 Å². The molecule has 3 aromatic rings. The highest BCUT2D eigenvalue weighted by Crippen LogP contribution is 2.40. The normalized spacial score (nSPS) is 10.3. The van der Waals surface area contributed by atoms with Crippen molar-refractivity contribution in [3.8, 4) is 40.0 Å². The maximum Gasteiger partial charge on any atom is 0.142 e. The minimum absolute atomic E-state index is 0.204. The Morgan fingerprint density at radius 3 is 2.44 bits per heavy atom. The number of nitrogen functional groups attached to an aromatic ring is 1. The first-order chi connectivity index (χ1) is 13.1. The zero-order valence-corrected chi connectivity index (χ0v) is 15.6. The monoisotopic (exact) mass is 359 g/mol. The van der Waals surface area contributed by atoms with Crippen molar-refractivity contribution in [2.75, 3.05) is 19.5 Å². The first-order valence-electron chi connectivity index (χ1n) is 8.67. The SMILES string of the molecule is CCOc1ccccc1-c1c(C)c(-c2ccc(OC)cc2)nc(N)c1C#N. The highest BCUT2D eigenvalue weighted by atomic mass is 16.5. The Hall–Kier alpha value is -3.52. The van der Waals surface area contributed by atoms with Crippen LogP contribution in [0.5, 0.6) is 11.5 Å². The quantitative estimate of drug-likeness (QED) is 0.721. The molecule has 0 fully saturated rings. The van der Waals surface area contributed by atoms with Crippen LogP contribution in [0.4, 0.5) is 5.82 Å². The van der Waals surface area contributed by atoms with Crippen LogP contribution in [0.3, 0.4) is 0 Å². The van der Waals surface area contributed by atoms with Gasteiger partial charge >= 0.3 is 0 Å². The van der Waals surface area contributed by atoms with E-state index in [1.54, 1.807) is 7.11 Å². The third-order valence-electron chi connectivity index (χ3n) is 4.40. The van der Waals surface area contributed by atoms with Gasteiger partial charge in [-0.1, -0.05) is 18.2 Å². The number of nitrogens with zero attached hydrogens (tertiary/aromatic N) is 2. The molecule has 0 bridgehead atoms. The first-order valence-corrected chi connectivity index (χ1v) is 8.67. The second kappa shape index (κ2) is 7.79. The predicted molar refractivity (Wildman–Crippen MR) is 107 cm³/mol. The maximum absolute atomic E-state index is 9.71. The molecule has 1 aromatic heterocycles. The van der Waals surface area contributed by atoms with Crippen molar-refractivity contribution in [2.45, 2.75) is 13.8 Å². The minimum atomic E-state index is 0.204. The zero-order chi connectivity index (χ0) is 19.4. The molecule has 0 radical (unpaired) electrons. The van der Waals surface area contributed by atoms with Gasteiger partial charge in [0.25, 0.3) is 0 Å². The Labute approximate surface area is 159 Å². The van der Waals surface area contributed by atoms with Gasteiger partial charge in [0.15, 0.2) is 0 Å². The van der Waals surface area contributed by atoms with Crippen molar-refractivity contribution in [2.24, 2.45) is 0 Å². The van der Waals surface area contributed by atoms with Gasteiger partial charge in [-0.25, -0.2) is 4.98 Å². The lowest BCUT2D eigenvalue weighted by Gasteiger charge is -2.17. The number of pyridine rings is 1. The number of hydrogen-bond donors (Lipinski definition) is 1. The summed E-state index contributed by atoms with van der Waals surface area (Å²) < 4.78 is 11.0. The van der Waals surface area contributed by atoms with Gasteiger partial charge < -0.3 is 15.2 Å². The first kappa shape index (κ1) is 18.3. The van der Waals surface area contributed by atoms with Gasteiger partial charge in [-0.05, 0) is 49.7 Å². The molecule has 27 heavy (non-hydrogen) atoms. The number of ether oxygens (including phenoxy) is 2. The Morgan fingerprint density at radius 1 is 1.11 bits per heavy atom. The van der Waals surface area contributed by atoms with E-state index in [1.165, 1.54) is 0 Å². The van der Waals surface area contributed by atoms with Gasteiger partial charge in [-0.3, -0.25) is 0 Å². The van der Waals surface area contributed by atoms with Crippen LogP contribution >= 0.6 is 0 Å². The Kier molecular flexibility index (Phi) is 5.28. The standard InChI is InChI=1S/C22H21N3O2/c1-4-27-19-8-6-5-7-17(19)20-14(2)21(25-22(24)18(20)13-23)15-9-11-16(26-3)12-10-15/h5-12H,4H2,1-3H3,(H2,24,25). The Morgan fingerprint density at radius 2 is 1.81 bits per heavy atom. The number of rotatable bonds is 5. The molecule has 3 rings (SSSR count). The molecule has 0 aliphatic carbocycles. The predicted octanol–water partition coefficient (Wildman–Crippen LogP) is 4.59. The van der Waals surface area contributed by atoms with Crippen molar-refractivity contribution in [3.63, 3.8) is 0 Å². The molecule has 0 saturated carbocycles. The maximum atomic E-state index is 9.71. The summed E-state index contributed by atoms with van der Waals surface area (Å²) in [6.45, 7) is 4.41. The summed E-state index contributed by atoms with van der Waals surface area (Å²) in [6.07, 6.45) is 0. The van der Waals surface area contributed by atoms with Crippen molar-refractivity contribution in [1.82, 2.24) is 4.98 Å². The van der Waals surface area contributed by atoms with Gasteiger partial charge in [0, 0.05) is 16.7 Å². The molecule has 0 aliphatic rings. The van der Waals surface area contributed by atoms with Crippen molar-refractivity contribution < 1.29 is 9.47 Å². The lowest BCUT2D eigenvalue weighted by Crippen LogP contribution is -2.04. The number of methoxy groups -OCH3 is 1. The fraction of sp³-hybridized carbons (Fsp3) is 0.182. The summed E-state index contributed by atoms with van der Waals surface area (Å²) in [4.78, 5) is 4.50. The molecule has 2 N–H and O–H groups in total. The van der Waals surface area contributed by atoms with E-state index in [2.05, 4.69) is 11.1 Å². The number of para-hydroxylation sites is 1. The molecule has 5 nitrogen and oxygen atoms in total. The van der Waals surface area contributed by atoms with E-state index in [0.29, 0.717) is 17.9 Å². The molecule has 1 heterocycles. The minimum Gasteiger partial charge on any atom is -0.497 e. The van der Waals surface area contributed by atoms with Gasteiger partial charge in [0.05, 0.1) is 19.4 Å². The summed E-state index contributed by atoms with van der Waals surface area (Å²) in [5.41, 5.74) is 10.6. The van der Waals surface area contributed by atoms with Crippen molar-refractivity contribution in [1.29, 1.82) is 5.26 Å². The molecule has 5 heteroatoms. The Balaban J connectivity index is 2.28. The summed E-state index contributed by atoms with van der Waals surface area (Å²) in [5, 5.41) is 9.71.